The van der Waals surface area contributed by atoms with Gasteiger partial charge in [-0.1, -0.05) is 5.16 Å². The Bertz CT molecular complexity index is 402. The van der Waals surface area contributed by atoms with E-state index in [9.17, 15) is 0 Å². The van der Waals surface area contributed by atoms with Crippen molar-refractivity contribution in [2.45, 2.75) is 25.7 Å². The van der Waals surface area contributed by atoms with E-state index in [1.54, 1.807) is 0 Å². The van der Waals surface area contributed by atoms with Crippen LogP contribution >= 0.6 is 11.3 Å². The van der Waals surface area contributed by atoms with E-state index < -0.39 is 0 Å². The third-order valence-electron chi connectivity index (χ3n) is 2.04. The standard InChI is InChI=1S/C9H16N6OS/c10-7(15-16)4-2-1-3-6-5-17-9(13-6)14-8(11)12/h5,16H,1-4H2,(H2,10,15)(H4,11,12,13,14). The van der Waals surface area contributed by atoms with E-state index in [1.807, 2.05) is 5.38 Å². The molecule has 7 N–H and O–H groups in total. The zero-order valence-electron chi connectivity index (χ0n) is 9.31. The number of nitrogens with one attached hydrogen (secondary N) is 2. The maximum Gasteiger partial charge on any atom is 0.192 e. The molecule has 0 amide bonds. The Morgan fingerprint density at radius 1 is 1.53 bits per heavy atom. The molecule has 0 aliphatic heterocycles. The Morgan fingerprint density at radius 2 is 2.29 bits per heavy atom. The highest BCUT2D eigenvalue weighted by molar-refractivity contribution is 7.13. The van der Waals surface area contributed by atoms with E-state index >= 15 is 0 Å². The fourth-order valence-electron chi connectivity index (χ4n) is 1.26. The highest BCUT2D eigenvalue weighted by atomic mass is 32.1. The molecule has 8 heteroatoms. The molecule has 1 rings (SSSR count). The lowest BCUT2D eigenvalue weighted by molar-refractivity contribution is 0.316. The van der Waals surface area contributed by atoms with Gasteiger partial charge in [0.25, 0.3) is 0 Å². The second kappa shape index (κ2) is 6.69. The van der Waals surface area contributed by atoms with Gasteiger partial charge >= 0.3 is 0 Å². The number of aryl methyl sites for hydroxylation is 1. The lowest BCUT2D eigenvalue weighted by Gasteiger charge is -1.98. The first kappa shape index (κ1) is 13.2. The minimum absolute atomic E-state index is 0.113. The van der Waals surface area contributed by atoms with Crippen LogP contribution in [0.15, 0.2) is 10.5 Å². The number of oxime groups is 1. The third kappa shape index (κ3) is 5.16. The summed E-state index contributed by atoms with van der Waals surface area (Å²) in [6, 6.07) is 0. The second-order valence-corrected chi connectivity index (χ2v) is 4.34. The number of unbranched alkanes of at least 4 members (excludes halogenated alkanes) is 1. The van der Waals surface area contributed by atoms with Gasteiger partial charge in [-0.2, -0.15) is 0 Å². The first-order valence-corrected chi connectivity index (χ1v) is 6.01. The van der Waals surface area contributed by atoms with Gasteiger partial charge in [-0.25, -0.2) is 4.98 Å². The molecule has 0 radical (unpaired) electrons. The van der Waals surface area contributed by atoms with E-state index in [0.717, 1.165) is 25.0 Å². The summed E-state index contributed by atoms with van der Waals surface area (Å²) in [5.74, 6) is 0.139. The van der Waals surface area contributed by atoms with Crippen LogP contribution in [-0.4, -0.2) is 22.0 Å². The van der Waals surface area contributed by atoms with Crippen molar-refractivity contribution >= 4 is 28.3 Å². The fourth-order valence-corrected chi connectivity index (χ4v) is 2.01. The SMILES string of the molecule is N=C(N)Nc1nc(CCCCC(N)=NO)cs1. The molecule has 0 aliphatic rings. The first-order chi connectivity index (χ1) is 8.11. The minimum Gasteiger partial charge on any atom is -0.409 e. The van der Waals surface area contributed by atoms with E-state index in [1.165, 1.54) is 11.3 Å². The lowest BCUT2D eigenvalue weighted by Crippen LogP contribution is -2.20. The maximum atomic E-state index is 8.35. The summed E-state index contributed by atoms with van der Waals surface area (Å²) >= 11 is 1.42. The second-order valence-electron chi connectivity index (χ2n) is 3.48. The van der Waals surface area contributed by atoms with Gasteiger partial charge in [-0.15, -0.1) is 11.3 Å². The predicted molar refractivity (Wildman–Crippen MR) is 68.6 cm³/mol. The highest BCUT2D eigenvalue weighted by Gasteiger charge is 2.02. The maximum absolute atomic E-state index is 8.35. The van der Waals surface area contributed by atoms with E-state index in [4.69, 9.17) is 22.1 Å². The van der Waals surface area contributed by atoms with Gasteiger partial charge in [-0.05, 0) is 19.3 Å². The molecule has 0 saturated heterocycles. The third-order valence-corrected chi connectivity index (χ3v) is 2.84. The molecular formula is C9H16N6OS. The molecule has 0 fully saturated rings. The summed E-state index contributed by atoms with van der Waals surface area (Å²) in [5, 5.41) is 23.5. The summed E-state index contributed by atoms with van der Waals surface area (Å²) in [6.45, 7) is 0. The molecule has 0 unspecified atom stereocenters. The lowest BCUT2D eigenvalue weighted by atomic mass is 10.1. The van der Waals surface area contributed by atoms with Gasteiger partial charge in [0, 0.05) is 11.8 Å². The van der Waals surface area contributed by atoms with E-state index in [2.05, 4.69) is 15.5 Å². The molecule has 0 spiro atoms. The zero-order chi connectivity index (χ0) is 12.7. The quantitative estimate of drug-likeness (QED) is 0.169. The van der Waals surface area contributed by atoms with Crippen molar-refractivity contribution in [3.05, 3.63) is 11.1 Å². The van der Waals surface area contributed by atoms with Crippen LogP contribution in [0.4, 0.5) is 5.13 Å². The van der Waals surface area contributed by atoms with Crippen LogP contribution in [-0.2, 0) is 6.42 Å². The molecule has 0 aromatic carbocycles. The topological polar surface area (TPSA) is 133 Å². The van der Waals surface area contributed by atoms with Crippen LogP contribution < -0.4 is 16.8 Å². The molecule has 17 heavy (non-hydrogen) atoms. The van der Waals surface area contributed by atoms with Gasteiger partial charge in [0.05, 0.1) is 5.69 Å². The number of nitrogens with zero attached hydrogens (tertiary/aromatic N) is 2. The number of rotatable bonds is 6. The average Bonchev–Trinajstić information content (AvgIpc) is 2.70. The average molecular weight is 256 g/mol. The smallest absolute Gasteiger partial charge is 0.192 e. The molecule has 0 saturated carbocycles. The van der Waals surface area contributed by atoms with Gasteiger partial charge in [0.15, 0.2) is 11.1 Å². The molecule has 7 nitrogen and oxygen atoms in total. The Hall–Kier alpha value is -1.83. The van der Waals surface area contributed by atoms with E-state index in [0.29, 0.717) is 11.6 Å². The van der Waals surface area contributed by atoms with Crippen LogP contribution in [0.3, 0.4) is 0 Å². The zero-order valence-corrected chi connectivity index (χ0v) is 10.1. The summed E-state index contributed by atoms with van der Waals surface area (Å²) in [4.78, 5) is 4.26. The van der Waals surface area contributed by atoms with Crippen molar-refractivity contribution in [2.75, 3.05) is 5.32 Å². The number of guanidine groups is 1. The number of nitrogens with two attached hydrogens (primary N) is 2. The van der Waals surface area contributed by atoms with Crippen LogP contribution in [0.5, 0.6) is 0 Å². The fraction of sp³-hybridized carbons (Fsp3) is 0.444. The Labute approximate surface area is 103 Å². The molecule has 94 valence electrons. The number of aromatic nitrogens is 1. The van der Waals surface area contributed by atoms with Crippen LogP contribution in [0.2, 0.25) is 0 Å². The summed E-state index contributed by atoms with van der Waals surface area (Å²) in [7, 11) is 0. The summed E-state index contributed by atoms with van der Waals surface area (Å²) < 4.78 is 0. The van der Waals surface area contributed by atoms with Crippen LogP contribution in [0.25, 0.3) is 0 Å². The molecule has 1 heterocycles. The number of amidine groups is 1. The highest BCUT2D eigenvalue weighted by Crippen LogP contribution is 2.16. The molecule has 0 atom stereocenters. The molecule has 1 aromatic heterocycles. The van der Waals surface area contributed by atoms with Crippen molar-refractivity contribution in [1.29, 1.82) is 5.41 Å². The van der Waals surface area contributed by atoms with Crippen LogP contribution in [0.1, 0.15) is 25.0 Å². The molecule has 1 aromatic rings. The molecule has 0 aliphatic carbocycles. The molecular weight excluding hydrogens is 240 g/mol. The number of anilines is 1. The van der Waals surface area contributed by atoms with Crippen molar-refractivity contribution in [2.24, 2.45) is 16.6 Å². The normalized spacial score (nSPS) is 11.4. The Morgan fingerprint density at radius 3 is 2.94 bits per heavy atom. The number of thiazole rings is 1. The van der Waals surface area contributed by atoms with Crippen molar-refractivity contribution in [1.82, 2.24) is 4.98 Å². The monoisotopic (exact) mass is 256 g/mol. The summed E-state index contributed by atoms with van der Waals surface area (Å²) in [6.07, 6.45) is 3.18. The van der Waals surface area contributed by atoms with E-state index in [-0.39, 0.29) is 11.8 Å². The van der Waals surface area contributed by atoms with Crippen molar-refractivity contribution in [3.63, 3.8) is 0 Å². The Balaban J connectivity index is 2.27. The largest absolute Gasteiger partial charge is 0.409 e. The summed E-state index contributed by atoms with van der Waals surface area (Å²) in [5.41, 5.74) is 11.5. The van der Waals surface area contributed by atoms with Gasteiger partial charge in [0.2, 0.25) is 0 Å². The molecule has 0 bridgehead atoms. The minimum atomic E-state index is -0.113. The number of hydrogen-bond acceptors (Lipinski definition) is 5. The van der Waals surface area contributed by atoms with Gasteiger partial charge in [0.1, 0.15) is 5.84 Å². The van der Waals surface area contributed by atoms with Gasteiger partial charge in [-0.3, -0.25) is 5.41 Å². The van der Waals surface area contributed by atoms with Crippen molar-refractivity contribution < 1.29 is 5.21 Å². The first-order valence-electron chi connectivity index (χ1n) is 5.13. The van der Waals surface area contributed by atoms with Gasteiger partial charge < -0.3 is 22.0 Å². The van der Waals surface area contributed by atoms with Crippen molar-refractivity contribution in [3.8, 4) is 0 Å². The predicted octanol–water partition coefficient (Wildman–Crippen LogP) is 0.908. The Kier molecular flexibility index (Phi) is 5.21. The number of hydrogen-bond donors (Lipinski definition) is 5. The van der Waals surface area contributed by atoms with Crippen LogP contribution in [0, 0.1) is 5.41 Å².